The summed E-state index contributed by atoms with van der Waals surface area (Å²) in [6, 6.07) is 16.3. The number of carbonyl (C=O) groups is 1. The predicted molar refractivity (Wildman–Crippen MR) is 139 cm³/mol. The molecule has 35 heavy (non-hydrogen) atoms. The monoisotopic (exact) mass is 498 g/mol. The average Bonchev–Trinajstić information content (AvgIpc) is 3.12. The maximum atomic E-state index is 12.6. The third-order valence-corrected chi connectivity index (χ3v) is 8.31. The van der Waals surface area contributed by atoms with Crippen molar-refractivity contribution < 1.29 is 13.2 Å². The summed E-state index contributed by atoms with van der Waals surface area (Å²) in [5.74, 6) is -0.0769. The molecule has 0 atom stereocenters. The molecule has 2 heterocycles. The van der Waals surface area contributed by atoms with Crippen LogP contribution in [0.2, 0.25) is 0 Å². The Labute approximate surface area is 210 Å². The lowest BCUT2D eigenvalue weighted by Gasteiger charge is -2.33. The molecule has 4 rings (SSSR count). The minimum absolute atomic E-state index is 0.0769. The van der Waals surface area contributed by atoms with Gasteiger partial charge in [0.05, 0.1) is 6.26 Å². The number of hydrogen-bond acceptors (Lipinski definition) is 5. The van der Waals surface area contributed by atoms with Crippen LogP contribution in [0.15, 0.2) is 48.5 Å². The van der Waals surface area contributed by atoms with Crippen molar-refractivity contribution in [3.63, 3.8) is 0 Å². The van der Waals surface area contributed by atoms with Gasteiger partial charge in [0.25, 0.3) is 5.91 Å². The van der Waals surface area contributed by atoms with Crippen molar-refractivity contribution in [2.45, 2.75) is 45.3 Å². The first kappa shape index (κ1) is 25.8. The van der Waals surface area contributed by atoms with Crippen LogP contribution in [0, 0.1) is 0 Å². The number of sulfonamides is 1. The van der Waals surface area contributed by atoms with Gasteiger partial charge in [-0.15, -0.1) is 0 Å². The van der Waals surface area contributed by atoms with E-state index in [-0.39, 0.29) is 5.91 Å². The normalized spacial score (nSPS) is 18.8. The van der Waals surface area contributed by atoms with Crippen LogP contribution in [0.25, 0.3) is 0 Å². The van der Waals surface area contributed by atoms with Gasteiger partial charge < -0.3 is 5.32 Å². The fraction of sp³-hybridized carbons (Fsp3) is 0.519. The molecule has 7 nitrogen and oxygen atoms in total. The summed E-state index contributed by atoms with van der Waals surface area (Å²) in [6.07, 6.45) is 6.56. The summed E-state index contributed by atoms with van der Waals surface area (Å²) < 4.78 is 24.9. The molecule has 0 spiro atoms. The zero-order chi connectivity index (χ0) is 24.7. The van der Waals surface area contributed by atoms with Gasteiger partial charge in [-0.2, -0.15) is 4.31 Å². The Kier molecular flexibility index (Phi) is 8.94. The fourth-order valence-electron chi connectivity index (χ4n) is 4.84. The van der Waals surface area contributed by atoms with Crippen LogP contribution >= 0.6 is 0 Å². The molecule has 1 N–H and O–H groups in total. The topological polar surface area (TPSA) is 73.0 Å². The quantitative estimate of drug-likeness (QED) is 0.606. The highest BCUT2D eigenvalue weighted by atomic mass is 32.2. The molecular formula is C27H38N4O3S. The highest BCUT2D eigenvalue weighted by molar-refractivity contribution is 7.88. The molecule has 2 aromatic rings. The maximum absolute atomic E-state index is 12.6. The molecule has 0 saturated carbocycles. The molecule has 0 aliphatic carbocycles. The molecule has 2 saturated heterocycles. The van der Waals surface area contributed by atoms with Gasteiger partial charge in [-0.1, -0.05) is 49.2 Å². The summed E-state index contributed by atoms with van der Waals surface area (Å²) in [5.41, 5.74) is 4.20. The van der Waals surface area contributed by atoms with Crippen molar-refractivity contribution in [2.75, 3.05) is 45.5 Å². The summed E-state index contributed by atoms with van der Waals surface area (Å²) in [5, 5.41) is 3.02. The number of nitrogens with one attached hydrogen (secondary N) is 1. The first-order chi connectivity index (χ1) is 16.9. The number of likely N-dealkylation sites (tertiary alicyclic amines) is 1. The van der Waals surface area contributed by atoms with Gasteiger partial charge in [-0.05, 0) is 54.8 Å². The molecule has 0 radical (unpaired) electrons. The number of hydrogen-bond donors (Lipinski definition) is 1. The Morgan fingerprint density at radius 1 is 0.714 bits per heavy atom. The molecule has 0 bridgehead atoms. The fourth-order valence-corrected chi connectivity index (χ4v) is 5.67. The van der Waals surface area contributed by atoms with Gasteiger partial charge in [0.15, 0.2) is 0 Å². The minimum Gasteiger partial charge on any atom is -0.348 e. The van der Waals surface area contributed by atoms with E-state index in [4.69, 9.17) is 0 Å². The Balaban J connectivity index is 1.21. The van der Waals surface area contributed by atoms with Crippen LogP contribution in [-0.2, 0) is 29.7 Å². The highest BCUT2D eigenvalue weighted by Gasteiger charge is 2.23. The SMILES string of the molecule is CS(=O)(=O)N1CCN(Cc2ccc(C(=O)NCc3ccc(CN4CCCCCC4)cc3)cc2)CC1. The Morgan fingerprint density at radius 3 is 1.74 bits per heavy atom. The molecule has 0 aromatic heterocycles. The van der Waals surface area contributed by atoms with Crippen LogP contribution < -0.4 is 5.32 Å². The van der Waals surface area contributed by atoms with Crippen molar-refractivity contribution in [3.05, 3.63) is 70.8 Å². The van der Waals surface area contributed by atoms with E-state index in [1.54, 1.807) is 0 Å². The second-order valence-corrected chi connectivity index (χ2v) is 11.8. The van der Waals surface area contributed by atoms with Gasteiger partial charge >= 0.3 is 0 Å². The van der Waals surface area contributed by atoms with E-state index < -0.39 is 10.0 Å². The van der Waals surface area contributed by atoms with Crippen LogP contribution in [0.3, 0.4) is 0 Å². The number of carbonyl (C=O) groups excluding carboxylic acids is 1. The Hall–Kier alpha value is -2.26. The summed E-state index contributed by atoms with van der Waals surface area (Å²) in [4.78, 5) is 17.4. The third-order valence-electron chi connectivity index (χ3n) is 7.00. The van der Waals surface area contributed by atoms with E-state index in [1.807, 2.05) is 24.3 Å². The van der Waals surface area contributed by atoms with Crippen molar-refractivity contribution in [2.24, 2.45) is 0 Å². The Bertz CT molecular complexity index is 1050. The van der Waals surface area contributed by atoms with Crippen molar-refractivity contribution in [3.8, 4) is 0 Å². The molecule has 1 amide bonds. The molecular weight excluding hydrogens is 460 g/mol. The molecule has 8 heteroatoms. The van der Waals surface area contributed by atoms with Crippen molar-refractivity contribution >= 4 is 15.9 Å². The molecule has 2 aliphatic heterocycles. The van der Waals surface area contributed by atoms with E-state index in [0.717, 1.165) is 24.2 Å². The van der Waals surface area contributed by atoms with Crippen molar-refractivity contribution in [1.29, 1.82) is 0 Å². The van der Waals surface area contributed by atoms with E-state index in [2.05, 4.69) is 39.4 Å². The van der Waals surface area contributed by atoms with Gasteiger partial charge in [0.1, 0.15) is 0 Å². The highest BCUT2D eigenvalue weighted by Crippen LogP contribution is 2.15. The summed E-state index contributed by atoms with van der Waals surface area (Å²) in [6.45, 7) is 7.13. The second kappa shape index (κ2) is 12.1. The zero-order valence-electron chi connectivity index (χ0n) is 20.8. The van der Waals surface area contributed by atoms with Gasteiger partial charge in [-0.25, -0.2) is 8.42 Å². The molecule has 2 fully saturated rings. The second-order valence-electron chi connectivity index (χ2n) is 9.82. The maximum Gasteiger partial charge on any atom is 0.251 e. The van der Waals surface area contributed by atoms with E-state index >= 15 is 0 Å². The van der Waals surface area contributed by atoms with E-state index in [1.165, 1.54) is 54.9 Å². The van der Waals surface area contributed by atoms with E-state index in [0.29, 0.717) is 38.3 Å². The molecule has 2 aromatic carbocycles. The van der Waals surface area contributed by atoms with E-state index in [9.17, 15) is 13.2 Å². The summed E-state index contributed by atoms with van der Waals surface area (Å²) in [7, 11) is -3.11. The smallest absolute Gasteiger partial charge is 0.251 e. The predicted octanol–water partition coefficient (Wildman–Crippen LogP) is 3.07. The number of piperazine rings is 1. The largest absolute Gasteiger partial charge is 0.348 e. The zero-order valence-corrected chi connectivity index (χ0v) is 21.6. The van der Waals surface area contributed by atoms with Gasteiger partial charge in [0.2, 0.25) is 10.0 Å². The first-order valence-electron chi connectivity index (χ1n) is 12.7. The molecule has 2 aliphatic rings. The van der Waals surface area contributed by atoms with Crippen LogP contribution in [0.5, 0.6) is 0 Å². The summed E-state index contributed by atoms with van der Waals surface area (Å²) >= 11 is 0. The van der Waals surface area contributed by atoms with Crippen molar-refractivity contribution in [1.82, 2.24) is 19.4 Å². The van der Waals surface area contributed by atoms with Crippen LogP contribution in [0.1, 0.15) is 52.7 Å². The lowest BCUT2D eigenvalue weighted by atomic mass is 10.1. The average molecular weight is 499 g/mol. The minimum atomic E-state index is -3.11. The number of rotatable bonds is 8. The lowest BCUT2D eigenvalue weighted by Crippen LogP contribution is -2.47. The molecule has 190 valence electrons. The lowest BCUT2D eigenvalue weighted by molar-refractivity contribution is 0.0951. The van der Waals surface area contributed by atoms with Crippen LogP contribution in [0.4, 0.5) is 0 Å². The number of benzene rings is 2. The molecule has 0 unspecified atom stereocenters. The van der Waals surface area contributed by atoms with Gasteiger partial charge in [0, 0.05) is 51.4 Å². The number of nitrogens with zero attached hydrogens (tertiary/aromatic N) is 3. The standard InChI is InChI=1S/C27H38N4O3S/c1-35(33,34)31-18-16-30(17-19-31)22-25-10-12-26(13-11-25)27(32)28-20-23-6-8-24(9-7-23)21-29-14-4-2-3-5-15-29/h6-13H,2-5,14-22H2,1H3,(H,28,32). The third kappa shape index (κ3) is 7.87. The van der Waals surface area contributed by atoms with Crippen LogP contribution in [-0.4, -0.2) is 74.0 Å². The Morgan fingerprint density at radius 2 is 1.20 bits per heavy atom. The first-order valence-corrected chi connectivity index (χ1v) is 14.6. The van der Waals surface area contributed by atoms with Gasteiger partial charge in [-0.3, -0.25) is 14.6 Å². The number of amides is 1.